The van der Waals surface area contributed by atoms with Crippen molar-refractivity contribution in [3.8, 4) is 0 Å². The minimum absolute atomic E-state index is 0.110. The van der Waals surface area contributed by atoms with Crippen LogP contribution in [0.1, 0.15) is 24.8 Å². The third-order valence-electron chi connectivity index (χ3n) is 5.91. The Balaban J connectivity index is 1.33. The zero-order valence-electron chi connectivity index (χ0n) is 17.7. The van der Waals surface area contributed by atoms with Crippen molar-refractivity contribution in [1.82, 2.24) is 9.21 Å². The maximum Gasteiger partial charge on any atom is 0.243 e. The lowest BCUT2D eigenvalue weighted by atomic mass is 10.1. The molecule has 2 aliphatic rings. The maximum atomic E-state index is 13.1. The van der Waals surface area contributed by atoms with Gasteiger partial charge in [-0.15, -0.1) is 0 Å². The summed E-state index contributed by atoms with van der Waals surface area (Å²) in [6.45, 7) is 3.88. The second kappa shape index (κ2) is 9.77. The summed E-state index contributed by atoms with van der Waals surface area (Å²) in [7, 11) is -3.52. The zero-order valence-corrected chi connectivity index (χ0v) is 18.5. The molecular formula is C24H29N3O3S. The Kier molecular flexibility index (Phi) is 6.85. The molecule has 164 valence electrons. The molecule has 0 radical (unpaired) electrons. The molecule has 2 aromatic rings. The number of sulfonamides is 1. The van der Waals surface area contributed by atoms with Crippen molar-refractivity contribution in [1.29, 1.82) is 0 Å². The Morgan fingerprint density at radius 2 is 1.55 bits per heavy atom. The summed E-state index contributed by atoms with van der Waals surface area (Å²) in [5.74, 6) is 0.110. The average molecular weight is 440 g/mol. The van der Waals surface area contributed by atoms with Crippen LogP contribution < -0.4 is 4.90 Å². The number of piperidine rings is 1. The largest absolute Gasteiger partial charge is 0.312 e. The zero-order chi connectivity index (χ0) is 21.7. The predicted octanol–water partition coefficient (Wildman–Crippen LogP) is 3.22. The molecule has 2 saturated heterocycles. The minimum Gasteiger partial charge on any atom is -0.312 e. The molecule has 0 spiro atoms. The SMILES string of the molecule is O=C1CCCCN1c1ccc(S(=O)(=O)N2CCN(C/C=C/c3ccccc3)CC2)cc1. The summed E-state index contributed by atoms with van der Waals surface area (Å²) in [6, 6.07) is 16.9. The second-order valence-corrected chi connectivity index (χ2v) is 9.95. The van der Waals surface area contributed by atoms with Crippen LogP contribution in [-0.2, 0) is 14.8 Å². The first kappa shape index (κ1) is 21.7. The van der Waals surface area contributed by atoms with Crippen LogP contribution in [0.25, 0.3) is 6.08 Å². The Hall–Kier alpha value is -2.48. The summed E-state index contributed by atoms with van der Waals surface area (Å²) < 4.78 is 27.7. The van der Waals surface area contributed by atoms with E-state index in [0.29, 0.717) is 39.1 Å². The molecule has 2 fully saturated rings. The quantitative estimate of drug-likeness (QED) is 0.693. The Labute approximate surface area is 184 Å². The number of benzene rings is 2. The monoisotopic (exact) mass is 439 g/mol. The molecule has 0 N–H and O–H groups in total. The summed E-state index contributed by atoms with van der Waals surface area (Å²) in [4.78, 5) is 16.4. The number of carbonyl (C=O) groups excluding carboxylic acids is 1. The van der Waals surface area contributed by atoms with Crippen LogP contribution in [0.5, 0.6) is 0 Å². The molecule has 2 aliphatic heterocycles. The average Bonchev–Trinajstić information content (AvgIpc) is 2.81. The smallest absolute Gasteiger partial charge is 0.243 e. The van der Waals surface area contributed by atoms with Gasteiger partial charge in [-0.1, -0.05) is 42.5 Å². The van der Waals surface area contributed by atoms with Crippen molar-refractivity contribution < 1.29 is 13.2 Å². The van der Waals surface area contributed by atoms with Crippen LogP contribution in [0.4, 0.5) is 5.69 Å². The van der Waals surface area contributed by atoms with Gasteiger partial charge in [0.2, 0.25) is 15.9 Å². The van der Waals surface area contributed by atoms with Gasteiger partial charge in [0, 0.05) is 51.4 Å². The molecule has 6 nitrogen and oxygen atoms in total. The highest BCUT2D eigenvalue weighted by Gasteiger charge is 2.28. The Morgan fingerprint density at radius 3 is 2.23 bits per heavy atom. The van der Waals surface area contributed by atoms with Gasteiger partial charge in [-0.2, -0.15) is 4.31 Å². The van der Waals surface area contributed by atoms with Gasteiger partial charge in [-0.3, -0.25) is 9.69 Å². The third kappa shape index (κ3) is 5.23. The molecule has 0 bridgehead atoms. The van der Waals surface area contributed by atoms with Crippen molar-refractivity contribution in [2.75, 3.05) is 44.2 Å². The summed E-state index contributed by atoms with van der Waals surface area (Å²) >= 11 is 0. The van der Waals surface area contributed by atoms with Gasteiger partial charge >= 0.3 is 0 Å². The van der Waals surface area contributed by atoms with Gasteiger partial charge in [0.25, 0.3) is 0 Å². The molecule has 1 amide bonds. The molecule has 0 atom stereocenters. The molecule has 4 rings (SSSR count). The number of nitrogens with zero attached hydrogens (tertiary/aromatic N) is 3. The first-order valence-corrected chi connectivity index (χ1v) is 12.3. The van der Waals surface area contributed by atoms with E-state index in [4.69, 9.17) is 0 Å². The van der Waals surface area contributed by atoms with Crippen molar-refractivity contribution in [2.24, 2.45) is 0 Å². The van der Waals surface area contributed by atoms with E-state index in [-0.39, 0.29) is 10.8 Å². The van der Waals surface area contributed by atoms with E-state index < -0.39 is 10.0 Å². The highest BCUT2D eigenvalue weighted by molar-refractivity contribution is 7.89. The van der Waals surface area contributed by atoms with Crippen LogP contribution in [0.15, 0.2) is 65.6 Å². The second-order valence-electron chi connectivity index (χ2n) is 8.01. The lowest BCUT2D eigenvalue weighted by Gasteiger charge is -2.33. The molecule has 2 heterocycles. The van der Waals surface area contributed by atoms with Crippen molar-refractivity contribution in [2.45, 2.75) is 24.2 Å². The van der Waals surface area contributed by atoms with Gasteiger partial charge in [0.05, 0.1) is 4.90 Å². The van der Waals surface area contributed by atoms with E-state index in [0.717, 1.165) is 25.1 Å². The fourth-order valence-electron chi connectivity index (χ4n) is 4.08. The van der Waals surface area contributed by atoms with Gasteiger partial charge in [-0.05, 0) is 42.7 Å². The molecular weight excluding hydrogens is 410 g/mol. The molecule has 31 heavy (non-hydrogen) atoms. The van der Waals surface area contributed by atoms with Crippen LogP contribution >= 0.6 is 0 Å². The summed E-state index contributed by atoms with van der Waals surface area (Å²) in [5.41, 5.74) is 1.94. The molecule has 2 aromatic carbocycles. The van der Waals surface area contributed by atoms with Crippen molar-refractivity contribution >= 4 is 27.7 Å². The van der Waals surface area contributed by atoms with E-state index in [1.807, 2.05) is 18.2 Å². The highest BCUT2D eigenvalue weighted by Crippen LogP contribution is 2.24. The van der Waals surface area contributed by atoms with Crippen LogP contribution in [0.2, 0.25) is 0 Å². The number of rotatable bonds is 6. The number of piperazine rings is 1. The lowest BCUT2D eigenvalue weighted by Crippen LogP contribution is -2.48. The standard InChI is InChI=1S/C24H29N3O3S/c28-24-10-4-5-16-27(24)22-11-13-23(14-12-22)31(29,30)26-19-17-25(18-20-26)15-6-9-21-7-2-1-3-8-21/h1-3,6-9,11-14H,4-5,10,15-20H2/b9-6+. The molecule has 0 saturated carbocycles. The van der Waals surface area contributed by atoms with E-state index in [2.05, 4.69) is 29.2 Å². The lowest BCUT2D eigenvalue weighted by molar-refractivity contribution is -0.119. The normalized spacial score (nSPS) is 19.2. The first-order valence-electron chi connectivity index (χ1n) is 10.9. The van der Waals surface area contributed by atoms with Gasteiger partial charge in [-0.25, -0.2) is 8.42 Å². The topological polar surface area (TPSA) is 60.9 Å². The molecule has 0 unspecified atom stereocenters. The van der Waals surface area contributed by atoms with E-state index in [1.165, 1.54) is 5.56 Å². The molecule has 0 aromatic heterocycles. The molecule has 0 aliphatic carbocycles. The summed E-state index contributed by atoms with van der Waals surface area (Å²) in [6.07, 6.45) is 6.69. The van der Waals surface area contributed by atoms with Gasteiger partial charge < -0.3 is 4.90 Å². The predicted molar refractivity (Wildman–Crippen MR) is 123 cm³/mol. The van der Waals surface area contributed by atoms with Gasteiger partial charge in [0.15, 0.2) is 0 Å². The van der Waals surface area contributed by atoms with E-state index >= 15 is 0 Å². The summed E-state index contributed by atoms with van der Waals surface area (Å²) in [5, 5.41) is 0. The number of hydrogen-bond donors (Lipinski definition) is 0. The van der Waals surface area contributed by atoms with E-state index in [1.54, 1.807) is 33.5 Å². The van der Waals surface area contributed by atoms with E-state index in [9.17, 15) is 13.2 Å². The maximum absolute atomic E-state index is 13.1. The highest BCUT2D eigenvalue weighted by atomic mass is 32.2. The van der Waals surface area contributed by atoms with Crippen LogP contribution in [-0.4, -0.2) is 62.8 Å². The first-order chi connectivity index (χ1) is 15.0. The fourth-order valence-corrected chi connectivity index (χ4v) is 5.50. The number of amides is 1. The Morgan fingerprint density at radius 1 is 0.839 bits per heavy atom. The van der Waals surface area contributed by atoms with Crippen LogP contribution in [0.3, 0.4) is 0 Å². The number of carbonyl (C=O) groups is 1. The minimum atomic E-state index is -3.52. The van der Waals surface area contributed by atoms with Crippen molar-refractivity contribution in [3.05, 3.63) is 66.2 Å². The Bertz CT molecular complexity index is 1010. The number of anilines is 1. The fraction of sp³-hybridized carbons (Fsp3) is 0.375. The number of hydrogen-bond acceptors (Lipinski definition) is 4. The third-order valence-corrected chi connectivity index (χ3v) is 7.83. The van der Waals surface area contributed by atoms with Crippen LogP contribution in [0, 0.1) is 0 Å². The van der Waals surface area contributed by atoms with Crippen molar-refractivity contribution in [3.63, 3.8) is 0 Å². The molecule has 7 heteroatoms. The van der Waals surface area contributed by atoms with Gasteiger partial charge in [0.1, 0.15) is 0 Å².